The fourth-order valence-electron chi connectivity index (χ4n) is 2.06. The van der Waals surface area contributed by atoms with Crippen LogP contribution in [-0.4, -0.2) is 47.6 Å². The van der Waals surface area contributed by atoms with Crippen LogP contribution in [0.25, 0.3) is 0 Å². The third-order valence-corrected chi connectivity index (χ3v) is 4.08. The summed E-state index contributed by atoms with van der Waals surface area (Å²) in [5, 5.41) is 11.3. The van der Waals surface area contributed by atoms with E-state index in [9.17, 15) is 18.0 Å². The van der Waals surface area contributed by atoms with Crippen molar-refractivity contribution in [3.63, 3.8) is 0 Å². The van der Waals surface area contributed by atoms with Gasteiger partial charge in [0.1, 0.15) is 6.04 Å². The number of hydrogen-bond donors (Lipinski definition) is 3. The molecule has 1 aliphatic rings. The number of benzene rings is 1. The Bertz CT molecular complexity index is 766. The second kappa shape index (κ2) is 10.6. The molecule has 2 rings (SSSR count). The fourth-order valence-corrected chi connectivity index (χ4v) is 2.75. The molecule has 1 heterocycles. The van der Waals surface area contributed by atoms with Gasteiger partial charge in [0.15, 0.2) is 0 Å². The Kier molecular flexibility index (Phi) is 9.99. The number of nitrogens with two attached hydrogens (primary N) is 1. The van der Waals surface area contributed by atoms with Crippen LogP contribution < -0.4 is 45.7 Å². The Labute approximate surface area is 172 Å². The Morgan fingerprint density at radius 1 is 1.35 bits per heavy atom. The second-order valence-corrected chi connectivity index (χ2v) is 6.44. The summed E-state index contributed by atoms with van der Waals surface area (Å²) in [4.78, 5) is 32.2. The zero-order valence-corrected chi connectivity index (χ0v) is 17.2. The summed E-state index contributed by atoms with van der Waals surface area (Å²) in [6.07, 6.45) is 0.0447. The molecule has 4 N–H and O–H groups in total. The van der Waals surface area contributed by atoms with Crippen molar-refractivity contribution in [2.75, 3.05) is 6.54 Å². The van der Waals surface area contributed by atoms with Crippen LogP contribution in [0.5, 0.6) is 0 Å². The molecule has 0 spiro atoms. The van der Waals surface area contributed by atoms with Gasteiger partial charge in [0.05, 0.1) is 13.0 Å². The number of β-lactam (4-membered cyclic amide) rings is 1. The van der Waals surface area contributed by atoms with E-state index in [-0.39, 0.29) is 42.5 Å². The maximum Gasteiger partial charge on any atom is 1.00 e. The molecule has 12 heteroatoms. The fraction of sp³-hybridized carbons (Fsp3) is 0.357. The van der Waals surface area contributed by atoms with Crippen molar-refractivity contribution in [1.29, 1.82) is 0 Å². The van der Waals surface area contributed by atoms with Crippen molar-refractivity contribution in [2.45, 2.75) is 25.9 Å². The van der Waals surface area contributed by atoms with Gasteiger partial charge >= 0.3 is 39.9 Å². The predicted octanol–water partition coefficient (Wildman–Crippen LogP) is -5.42. The van der Waals surface area contributed by atoms with Crippen molar-refractivity contribution in [1.82, 2.24) is 9.62 Å². The summed E-state index contributed by atoms with van der Waals surface area (Å²) < 4.78 is 30.5. The zero-order chi connectivity index (χ0) is 19.2. The van der Waals surface area contributed by atoms with Gasteiger partial charge in [0.25, 0.3) is 5.91 Å². The molecule has 0 aromatic heterocycles. The molecule has 1 saturated heterocycles. The van der Waals surface area contributed by atoms with E-state index in [1.165, 1.54) is 0 Å². The number of carbonyl (C=O) groups excluding carboxylic acids is 3. The Balaban J connectivity index is 0.00000113. The number of carbonyl (C=O) groups is 3. The molecule has 2 amide bonds. The van der Waals surface area contributed by atoms with E-state index < -0.39 is 34.1 Å². The molecule has 1 aromatic carbocycles. The maximum absolute atomic E-state index is 11.9. The van der Waals surface area contributed by atoms with Gasteiger partial charge in [-0.15, -0.1) is 0 Å². The molecular weight excluding hydrogens is 377 g/mol. The second-order valence-electron chi connectivity index (χ2n) is 5.11. The van der Waals surface area contributed by atoms with E-state index in [4.69, 9.17) is 20.2 Å². The number of carboxylic acid groups (broad SMARTS) is 1. The Morgan fingerprint density at radius 3 is 2.27 bits per heavy atom. The molecule has 0 bridgehead atoms. The quantitative estimate of drug-likeness (QED) is 0.252. The average Bonchev–Trinajstić information content (AvgIpc) is 2.49. The first-order valence-corrected chi connectivity index (χ1v) is 8.48. The first-order valence-electron chi connectivity index (χ1n) is 7.09. The summed E-state index contributed by atoms with van der Waals surface area (Å²) in [7, 11) is -4.54. The van der Waals surface area contributed by atoms with Gasteiger partial charge < -0.3 is 21.0 Å². The minimum absolute atomic E-state index is 0. The van der Waals surface area contributed by atoms with Crippen molar-refractivity contribution in [3.8, 4) is 0 Å². The molecule has 10 nitrogen and oxygen atoms in total. The summed E-state index contributed by atoms with van der Waals surface area (Å²) in [6.45, 7) is 1.00. The number of nitrogens with one attached hydrogen (secondary N) is 1. The molecule has 0 radical (unpaired) electrons. The van der Waals surface area contributed by atoms with Crippen molar-refractivity contribution >= 4 is 28.1 Å². The van der Waals surface area contributed by atoms with Gasteiger partial charge in [-0.3, -0.25) is 14.1 Å². The van der Waals surface area contributed by atoms with Crippen LogP contribution in [0, 0.1) is 0 Å². The van der Waals surface area contributed by atoms with Crippen LogP contribution in [0.15, 0.2) is 24.3 Å². The van der Waals surface area contributed by atoms with E-state index in [1.807, 2.05) is 6.07 Å². The van der Waals surface area contributed by atoms with Crippen LogP contribution >= 0.6 is 0 Å². The summed E-state index contributed by atoms with van der Waals surface area (Å²) in [6, 6.07) is 6.22. The summed E-state index contributed by atoms with van der Waals surface area (Å²) in [5.74, 6) is -2.35. The molecule has 0 saturated carbocycles. The van der Waals surface area contributed by atoms with Crippen LogP contribution in [0.3, 0.4) is 0 Å². The van der Waals surface area contributed by atoms with Gasteiger partial charge in [0.2, 0.25) is 5.91 Å². The molecular formula is C14H18N3NaO7S. The number of hydrogen-bond acceptors (Lipinski definition) is 7. The number of carboxylic acids is 1. The Morgan fingerprint density at radius 2 is 1.85 bits per heavy atom. The van der Waals surface area contributed by atoms with Crippen LogP contribution in [0.1, 0.15) is 18.1 Å². The van der Waals surface area contributed by atoms with Crippen molar-refractivity contribution in [2.24, 2.45) is 5.73 Å². The smallest absolute Gasteiger partial charge is 0.550 e. The van der Waals surface area contributed by atoms with Crippen molar-refractivity contribution < 1.29 is 62.0 Å². The largest absolute Gasteiger partial charge is 1.00 e. The van der Waals surface area contributed by atoms with Gasteiger partial charge in [-0.2, -0.15) is 8.42 Å². The summed E-state index contributed by atoms with van der Waals surface area (Å²) in [5.41, 5.74) is 7.14. The van der Waals surface area contributed by atoms with E-state index >= 15 is 0 Å². The SMILES string of the molecule is CC(=O)[O-].NCc1ccccc1CC(=O)NC1CN(S(=O)(=O)O)C1=O.[Na+]. The van der Waals surface area contributed by atoms with Gasteiger partial charge in [-0.1, -0.05) is 24.3 Å². The van der Waals surface area contributed by atoms with E-state index in [2.05, 4.69) is 5.32 Å². The van der Waals surface area contributed by atoms with E-state index in [1.54, 1.807) is 18.2 Å². The summed E-state index contributed by atoms with van der Waals surface area (Å²) >= 11 is 0. The van der Waals surface area contributed by atoms with Crippen LogP contribution in [0.4, 0.5) is 0 Å². The molecule has 1 unspecified atom stereocenters. The minimum atomic E-state index is -4.54. The molecule has 1 atom stereocenters. The third kappa shape index (κ3) is 7.40. The van der Waals surface area contributed by atoms with Gasteiger partial charge in [-0.25, -0.2) is 4.31 Å². The number of amides is 2. The van der Waals surface area contributed by atoms with Gasteiger partial charge in [-0.05, 0) is 18.1 Å². The standard InChI is InChI=1S/C12H15N3O5S.C2H4O2.Na/c13-6-9-4-2-1-3-8(9)5-11(16)14-10-7-15(12(10)17)21(18,19)20;1-2(3)4;/h1-4,10H,5-7,13H2,(H,14,16)(H,18,19,20);1H3,(H,3,4);/q;;+1/p-1. The van der Waals surface area contributed by atoms with Gasteiger partial charge in [0, 0.05) is 12.5 Å². The monoisotopic (exact) mass is 395 g/mol. The topological polar surface area (TPSA) is 170 Å². The number of nitrogens with zero attached hydrogens (tertiary/aromatic N) is 1. The van der Waals surface area contributed by atoms with Crippen molar-refractivity contribution in [3.05, 3.63) is 35.4 Å². The molecule has 1 aliphatic heterocycles. The normalized spacial score (nSPS) is 15.7. The number of rotatable bonds is 5. The predicted molar refractivity (Wildman–Crippen MR) is 83.9 cm³/mol. The molecule has 1 fully saturated rings. The molecule has 1 aromatic rings. The molecule has 138 valence electrons. The third-order valence-electron chi connectivity index (χ3n) is 3.20. The zero-order valence-electron chi connectivity index (χ0n) is 14.3. The maximum atomic E-state index is 11.9. The first-order chi connectivity index (χ1) is 11.6. The first kappa shape index (κ1) is 24.5. The number of aliphatic carboxylic acids is 1. The van der Waals surface area contributed by atoms with Crippen LogP contribution in [0.2, 0.25) is 0 Å². The average molecular weight is 395 g/mol. The molecule has 26 heavy (non-hydrogen) atoms. The Hall–Kier alpha value is -1.50. The minimum Gasteiger partial charge on any atom is -0.550 e. The van der Waals surface area contributed by atoms with E-state index in [0.29, 0.717) is 10.8 Å². The molecule has 0 aliphatic carbocycles. The van der Waals surface area contributed by atoms with Crippen LogP contribution in [-0.2, 0) is 37.7 Å². The van der Waals surface area contributed by atoms with E-state index in [0.717, 1.165) is 18.1 Å².